The van der Waals surface area contributed by atoms with E-state index in [0.717, 1.165) is 50.7 Å². The molecule has 1 N–H and O–H groups in total. The fraction of sp³-hybridized carbons (Fsp3) is 0.500. The van der Waals surface area contributed by atoms with Gasteiger partial charge in [-0.05, 0) is 37.9 Å². The minimum Gasteiger partial charge on any atom is -0.340 e. The smallest absolute Gasteiger partial charge is 0.329 e. The van der Waals surface area contributed by atoms with E-state index in [0.29, 0.717) is 17.7 Å². The molecule has 0 radical (unpaired) electrons. The van der Waals surface area contributed by atoms with E-state index in [1.54, 1.807) is 7.05 Å². The zero-order chi connectivity index (χ0) is 21.4. The van der Waals surface area contributed by atoms with E-state index >= 15 is 0 Å². The average Bonchev–Trinajstić information content (AvgIpc) is 3.10. The lowest BCUT2D eigenvalue weighted by Crippen LogP contribution is -2.47. The van der Waals surface area contributed by atoms with Gasteiger partial charge in [0.15, 0.2) is 11.2 Å². The number of anilines is 1. The highest BCUT2D eigenvalue weighted by atomic mass is 16.2. The Morgan fingerprint density at radius 2 is 1.83 bits per heavy atom. The first-order chi connectivity index (χ1) is 14.4. The standard InChI is InChI=1S/C22H30N6O2/c1-5-8-26-9-11-27(12-10-26)21-23-19-18(20(29)24-22(30)25(19)4)28(21)14-17-13-15(2)6-7-16(17)3/h6-7,13H,5,8-12,14H2,1-4H3,(H,24,29,30). The maximum atomic E-state index is 12.8. The topological polar surface area (TPSA) is 79.2 Å². The van der Waals surface area contributed by atoms with Gasteiger partial charge in [0.1, 0.15) is 0 Å². The van der Waals surface area contributed by atoms with E-state index in [-0.39, 0.29) is 5.56 Å². The highest BCUT2D eigenvalue weighted by Crippen LogP contribution is 2.24. The molecule has 1 saturated heterocycles. The second-order valence-electron chi connectivity index (χ2n) is 8.25. The van der Waals surface area contributed by atoms with Gasteiger partial charge >= 0.3 is 5.69 Å². The number of imidazole rings is 1. The van der Waals surface area contributed by atoms with Crippen molar-refractivity contribution in [2.24, 2.45) is 7.05 Å². The van der Waals surface area contributed by atoms with Crippen LogP contribution in [0.15, 0.2) is 27.8 Å². The summed E-state index contributed by atoms with van der Waals surface area (Å²) in [7, 11) is 1.65. The Balaban J connectivity index is 1.83. The number of H-pyrrole nitrogens is 1. The molecule has 1 aliphatic rings. The van der Waals surface area contributed by atoms with Crippen molar-refractivity contribution in [2.75, 3.05) is 37.6 Å². The number of fused-ring (bicyclic) bond motifs is 1. The van der Waals surface area contributed by atoms with E-state index in [9.17, 15) is 9.59 Å². The van der Waals surface area contributed by atoms with Crippen molar-refractivity contribution < 1.29 is 0 Å². The van der Waals surface area contributed by atoms with Crippen LogP contribution in [-0.4, -0.2) is 56.7 Å². The number of piperazine rings is 1. The Morgan fingerprint density at radius 1 is 1.10 bits per heavy atom. The van der Waals surface area contributed by atoms with Gasteiger partial charge in [0, 0.05) is 33.2 Å². The fourth-order valence-corrected chi connectivity index (χ4v) is 4.24. The number of benzene rings is 1. The van der Waals surface area contributed by atoms with Gasteiger partial charge in [0.2, 0.25) is 5.95 Å². The molecule has 3 heterocycles. The summed E-state index contributed by atoms with van der Waals surface area (Å²) in [5.41, 5.74) is 3.54. The zero-order valence-corrected chi connectivity index (χ0v) is 18.2. The van der Waals surface area contributed by atoms with Gasteiger partial charge in [-0.25, -0.2) is 4.79 Å². The molecule has 3 aromatic rings. The number of rotatable bonds is 5. The van der Waals surface area contributed by atoms with Crippen LogP contribution in [0.5, 0.6) is 0 Å². The number of nitrogens with zero attached hydrogens (tertiary/aromatic N) is 5. The van der Waals surface area contributed by atoms with Gasteiger partial charge in [-0.3, -0.25) is 23.8 Å². The lowest BCUT2D eigenvalue weighted by atomic mass is 10.1. The van der Waals surface area contributed by atoms with E-state index in [2.05, 4.69) is 53.8 Å². The minimum absolute atomic E-state index is 0.387. The first-order valence-corrected chi connectivity index (χ1v) is 10.6. The Morgan fingerprint density at radius 3 is 2.53 bits per heavy atom. The fourth-order valence-electron chi connectivity index (χ4n) is 4.24. The molecule has 30 heavy (non-hydrogen) atoms. The van der Waals surface area contributed by atoms with Crippen molar-refractivity contribution in [1.29, 1.82) is 0 Å². The Labute approximate surface area is 175 Å². The molecule has 0 atom stereocenters. The predicted molar refractivity (Wildman–Crippen MR) is 120 cm³/mol. The summed E-state index contributed by atoms with van der Waals surface area (Å²) < 4.78 is 3.40. The number of hydrogen-bond donors (Lipinski definition) is 1. The summed E-state index contributed by atoms with van der Waals surface area (Å²) in [5, 5.41) is 0. The molecular weight excluding hydrogens is 380 g/mol. The van der Waals surface area contributed by atoms with E-state index in [1.165, 1.54) is 15.7 Å². The molecule has 0 saturated carbocycles. The van der Waals surface area contributed by atoms with Crippen LogP contribution in [0.25, 0.3) is 11.2 Å². The van der Waals surface area contributed by atoms with E-state index in [1.807, 2.05) is 4.57 Å². The maximum Gasteiger partial charge on any atom is 0.329 e. The average molecular weight is 411 g/mol. The summed E-state index contributed by atoms with van der Waals surface area (Å²) in [5.74, 6) is 0.758. The van der Waals surface area contributed by atoms with Crippen molar-refractivity contribution in [3.8, 4) is 0 Å². The zero-order valence-electron chi connectivity index (χ0n) is 18.2. The van der Waals surface area contributed by atoms with Crippen molar-refractivity contribution in [3.63, 3.8) is 0 Å². The van der Waals surface area contributed by atoms with Crippen LogP contribution in [0.1, 0.15) is 30.0 Å². The van der Waals surface area contributed by atoms with Gasteiger partial charge in [-0.2, -0.15) is 4.98 Å². The molecule has 4 rings (SSSR count). The Hall–Kier alpha value is -2.87. The Bertz CT molecular complexity index is 1180. The highest BCUT2D eigenvalue weighted by Gasteiger charge is 2.25. The minimum atomic E-state index is -0.441. The summed E-state index contributed by atoms with van der Waals surface area (Å²) >= 11 is 0. The van der Waals surface area contributed by atoms with Gasteiger partial charge < -0.3 is 4.90 Å². The third-order valence-electron chi connectivity index (χ3n) is 6.01. The van der Waals surface area contributed by atoms with Gasteiger partial charge in [-0.15, -0.1) is 0 Å². The monoisotopic (exact) mass is 410 g/mol. The molecule has 2 aromatic heterocycles. The molecule has 8 nitrogen and oxygen atoms in total. The summed E-state index contributed by atoms with van der Waals surface area (Å²) in [6.45, 7) is 11.6. The van der Waals surface area contributed by atoms with Gasteiger partial charge in [-0.1, -0.05) is 30.7 Å². The van der Waals surface area contributed by atoms with Crippen molar-refractivity contribution in [2.45, 2.75) is 33.7 Å². The number of aromatic nitrogens is 4. The molecule has 0 amide bonds. The van der Waals surface area contributed by atoms with Crippen LogP contribution < -0.4 is 16.1 Å². The third kappa shape index (κ3) is 3.67. The van der Waals surface area contributed by atoms with E-state index in [4.69, 9.17) is 4.98 Å². The van der Waals surface area contributed by atoms with Crippen molar-refractivity contribution >= 4 is 17.1 Å². The normalized spacial score (nSPS) is 15.3. The lowest BCUT2D eigenvalue weighted by Gasteiger charge is -2.35. The van der Waals surface area contributed by atoms with Crippen LogP contribution in [-0.2, 0) is 13.6 Å². The number of hydrogen-bond acceptors (Lipinski definition) is 5. The first kappa shape index (κ1) is 20.4. The lowest BCUT2D eigenvalue weighted by molar-refractivity contribution is 0.257. The van der Waals surface area contributed by atoms with Gasteiger partial charge in [0.25, 0.3) is 5.56 Å². The van der Waals surface area contributed by atoms with Crippen LogP contribution >= 0.6 is 0 Å². The Kier molecular flexibility index (Phi) is 5.51. The van der Waals surface area contributed by atoms with Crippen LogP contribution in [0.2, 0.25) is 0 Å². The molecular formula is C22H30N6O2. The highest BCUT2D eigenvalue weighted by molar-refractivity contribution is 5.74. The number of aromatic amines is 1. The van der Waals surface area contributed by atoms with E-state index < -0.39 is 5.69 Å². The SMILES string of the molecule is CCCN1CCN(c2nc3c(c(=O)[nH]c(=O)n3C)n2Cc2cc(C)ccc2C)CC1. The molecule has 160 valence electrons. The molecule has 0 aliphatic carbocycles. The second kappa shape index (κ2) is 8.10. The molecule has 1 aliphatic heterocycles. The molecule has 8 heteroatoms. The van der Waals surface area contributed by atoms with Crippen LogP contribution in [0.4, 0.5) is 5.95 Å². The number of aryl methyl sites for hydroxylation is 3. The molecule has 0 spiro atoms. The number of nitrogens with one attached hydrogen (secondary N) is 1. The molecule has 0 bridgehead atoms. The summed E-state index contributed by atoms with van der Waals surface area (Å²) in [4.78, 5) is 36.9. The van der Waals surface area contributed by atoms with Crippen molar-refractivity contribution in [3.05, 3.63) is 55.7 Å². The third-order valence-corrected chi connectivity index (χ3v) is 6.01. The molecule has 1 aromatic carbocycles. The van der Waals surface area contributed by atoms with Crippen LogP contribution in [0.3, 0.4) is 0 Å². The quantitative estimate of drug-likeness (QED) is 0.692. The predicted octanol–water partition coefficient (Wildman–Crippen LogP) is 1.62. The molecule has 0 unspecified atom stereocenters. The maximum absolute atomic E-state index is 12.8. The summed E-state index contributed by atoms with van der Waals surface area (Å²) in [6, 6.07) is 6.35. The molecule has 1 fully saturated rings. The first-order valence-electron chi connectivity index (χ1n) is 10.6. The second-order valence-corrected chi connectivity index (χ2v) is 8.25. The largest absolute Gasteiger partial charge is 0.340 e. The van der Waals surface area contributed by atoms with Crippen LogP contribution in [0, 0.1) is 13.8 Å². The van der Waals surface area contributed by atoms with Gasteiger partial charge in [0.05, 0.1) is 6.54 Å². The summed E-state index contributed by atoms with van der Waals surface area (Å²) in [6.07, 6.45) is 1.14. The van der Waals surface area contributed by atoms with Crippen molar-refractivity contribution in [1.82, 2.24) is 24.0 Å².